The van der Waals surface area contributed by atoms with E-state index in [-0.39, 0.29) is 11.2 Å². The van der Waals surface area contributed by atoms with Gasteiger partial charge in [0.15, 0.2) is 0 Å². The van der Waals surface area contributed by atoms with Gasteiger partial charge in [-0.1, -0.05) is 32.5 Å². The van der Waals surface area contributed by atoms with Crippen molar-refractivity contribution >= 4 is 34.1 Å². The number of ketones is 1. The Balaban J connectivity index is 3.77. The van der Waals surface area contributed by atoms with Crippen LogP contribution in [-0.2, 0) is 9.53 Å². The van der Waals surface area contributed by atoms with Crippen LogP contribution in [0.5, 0.6) is 0 Å². The van der Waals surface area contributed by atoms with Crippen LogP contribution in [0.2, 0.25) is 0 Å². The van der Waals surface area contributed by atoms with Gasteiger partial charge in [-0.15, -0.1) is 0 Å². The molecule has 0 aromatic heterocycles. The number of thiocarbonyl (C=S) groups is 1. The van der Waals surface area contributed by atoms with Gasteiger partial charge in [0.2, 0.25) is 4.38 Å². The first kappa shape index (κ1) is 12.9. The number of thioether (sulfide) groups is 1. The second kappa shape index (κ2) is 5.60. The van der Waals surface area contributed by atoms with E-state index in [4.69, 9.17) is 17.0 Å². The van der Waals surface area contributed by atoms with E-state index in [0.29, 0.717) is 16.7 Å². The molecule has 4 heteroatoms. The van der Waals surface area contributed by atoms with Crippen LogP contribution < -0.4 is 0 Å². The molecule has 0 saturated carbocycles. The highest BCUT2D eigenvalue weighted by Gasteiger charge is 2.21. The summed E-state index contributed by atoms with van der Waals surface area (Å²) >= 11 is 6.18. The summed E-state index contributed by atoms with van der Waals surface area (Å²) in [5, 5.41) is 0. The van der Waals surface area contributed by atoms with E-state index in [1.807, 2.05) is 27.7 Å². The minimum atomic E-state index is -0.283. The van der Waals surface area contributed by atoms with E-state index >= 15 is 0 Å². The highest BCUT2D eigenvalue weighted by molar-refractivity contribution is 8.23. The molecule has 0 unspecified atom stereocenters. The molecule has 76 valence electrons. The van der Waals surface area contributed by atoms with Crippen LogP contribution in [0.3, 0.4) is 0 Å². The Morgan fingerprint density at radius 1 is 1.46 bits per heavy atom. The Bertz CT molecular complexity index is 194. The quantitative estimate of drug-likeness (QED) is 0.683. The first-order valence-corrected chi connectivity index (χ1v) is 5.60. The van der Waals surface area contributed by atoms with E-state index in [9.17, 15) is 4.79 Å². The predicted octanol–water partition coefficient (Wildman–Crippen LogP) is 2.66. The molecule has 0 aliphatic heterocycles. The van der Waals surface area contributed by atoms with Crippen molar-refractivity contribution in [3.63, 3.8) is 0 Å². The van der Waals surface area contributed by atoms with Gasteiger partial charge in [0.25, 0.3) is 0 Å². The lowest BCUT2D eigenvalue weighted by Gasteiger charge is -2.15. The zero-order valence-electron chi connectivity index (χ0n) is 8.55. The van der Waals surface area contributed by atoms with Crippen molar-refractivity contribution in [1.82, 2.24) is 0 Å². The molecule has 0 bridgehead atoms. The van der Waals surface area contributed by atoms with Crippen LogP contribution in [0.1, 0.15) is 27.7 Å². The topological polar surface area (TPSA) is 26.3 Å². The molecule has 0 aromatic carbocycles. The zero-order chi connectivity index (χ0) is 10.5. The smallest absolute Gasteiger partial charge is 0.220 e. The van der Waals surface area contributed by atoms with Crippen LogP contribution in [0, 0.1) is 5.41 Å². The Labute approximate surface area is 89.4 Å². The zero-order valence-corrected chi connectivity index (χ0v) is 10.2. The van der Waals surface area contributed by atoms with Crippen molar-refractivity contribution in [2.24, 2.45) is 5.41 Å². The summed E-state index contributed by atoms with van der Waals surface area (Å²) in [7, 11) is 0. The summed E-state index contributed by atoms with van der Waals surface area (Å²) in [5.74, 6) is 0.599. The minimum absolute atomic E-state index is 0.194. The number of hydrogen-bond donors (Lipinski definition) is 0. The summed E-state index contributed by atoms with van der Waals surface area (Å²) in [6, 6.07) is 0. The molecule has 0 atom stereocenters. The second-order valence-corrected chi connectivity index (χ2v) is 5.22. The van der Waals surface area contributed by atoms with Crippen LogP contribution in [0.15, 0.2) is 0 Å². The van der Waals surface area contributed by atoms with Crippen molar-refractivity contribution in [2.75, 3.05) is 12.4 Å². The fraction of sp³-hybridized carbons (Fsp3) is 0.778. The third-order valence-corrected chi connectivity index (χ3v) is 2.65. The normalized spacial score (nSPS) is 11.1. The average molecular weight is 220 g/mol. The molecule has 0 aromatic rings. The fourth-order valence-electron chi connectivity index (χ4n) is 0.500. The van der Waals surface area contributed by atoms with Gasteiger partial charge in [-0.3, -0.25) is 4.79 Å². The summed E-state index contributed by atoms with van der Waals surface area (Å²) in [4.78, 5) is 11.4. The molecule has 0 radical (unpaired) electrons. The predicted molar refractivity (Wildman–Crippen MR) is 61.1 cm³/mol. The molecule has 0 spiro atoms. The van der Waals surface area contributed by atoms with Gasteiger partial charge >= 0.3 is 0 Å². The number of carbonyl (C=O) groups excluding carboxylic acids is 1. The number of rotatable bonds is 3. The minimum Gasteiger partial charge on any atom is -0.479 e. The Kier molecular flexibility index (Phi) is 5.56. The maximum atomic E-state index is 11.4. The summed E-state index contributed by atoms with van der Waals surface area (Å²) in [6.07, 6.45) is 0. The lowest BCUT2D eigenvalue weighted by Crippen LogP contribution is -2.22. The molecule has 0 aliphatic carbocycles. The van der Waals surface area contributed by atoms with Crippen molar-refractivity contribution in [2.45, 2.75) is 27.7 Å². The third-order valence-electron chi connectivity index (χ3n) is 1.42. The van der Waals surface area contributed by atoms with Gasteiger partial charge in [-0.2, -0.15) is 0 Å². The highest BCUT2D eigenvalue weighted by atomic mass is 32.2. The monoisotopic (exact) mass is 220 g/mol. The van der Waals surface area contributed by atoms with Crippen molar-refractivity contribution in [3.8, 4) is 0 Å². The van der Waals surface area contributed by atoms with Gasteiger partial charge in [0, 0.05) is 5.41 Å². The van der Waals surface area contributed by atoms with Crippen LogP contribution in [0.4, 0.5) is 0 Å². The van der Waals surface area contributed by atoms with Crippen molar-refractivity contribution in [3.05, 3.63) is 0 Å². The molecular weight excluding hydrogens is 204 g/mol. The average Bonchev–Trinajstić information content (AvgIpc) is 1.99. The van der Waals surface area contributed by atoms with Gasteiger partial charge in [0.05, 0.1) is 12.4 Å². The third kappa shape index (κ3) is 6.05. The van der Waals surface area contributed by atoms with Crippen molar-refractivity contribution < 1.29 is 9.53 Å². The molecule has 0 amide bonds. The summed E-state index contributed by atoms with van der Waals surface area (Å²) in [6.45, 7) is 8.15. The van der Waals surface area contributed by atoms with Gasteiger partial charge in [0.1, 0.15) is 5.78 Å². The first-order chi connectivity index (χ1) is 5.88. The van der Waals surface area contributed by atoms with E-state index < -0.39 is 0 Å². The molecule has 0 rings (SSSR count). The number of carbonyl (C=O) groups is 1. The van der Waals surface area contributed by atoms with Gasteiger partial charge < -0.3 is 4.74 Å². The molecular formula is C9H16O2S2. The van der Waals surface area contributed by atoms with Gasteiger partial charge in [-0.05, 0) is 19.1 Å². The largest absolute Gasteiger partial charge is 0.479 e. The van der Waals surface area contributed by atoms with Crippen LogP contribution in [0.25, 0.3) is 0 Å². The highest BCUT2D eigenvalue weighted by Crippen LogP contribution is 2.18. The fourth-order valence-corrected chi connectivity index (χ4v) is 1.68. The Morgan fingerprint density at radius 3 is 2.38 bits per heavy atom. The maximum absolute atomic E-state index is 11.4. The molecule has 0 aliphatic rings. The molecule has 0 N–H and O–H groups in total. The molecule has 0 saturated heterocycles. The van der Waals surface area contributed by atoms with Gasteiger partial charge in [-0.25, -0.2) is 0 Å². The van der Waals surface area contributed by atoms with Crippen LogP contribution in [-0.4, -0.2) is 22.5 Å². The SMILES string of the molecule is CCOC(=S)SCC(=O)C(C)(C)C. The first-order valence-electron chi connectivity index (χ1n) is 4.20. The standard InChI is InChI=1S/C9H16O2S2/c1-5-11-8(12)13-6-7(10)9(2,3)4/h5-6H2,1-4H3. The lowest BCUT2D eigenvalue weighted by molar-refractivity contribution is -0.123. The van der Waals surface area contributed by atoms with E-state index in [2.05, 4.69) is 0 Å². The maximum Gasteiger partial charge on any atom is 0.220 e. The summed E-state index contributed by atoms with van der Waals surface area (Å²) < 4.78 is 5.51. The number of Topliss-reactive ketones (excluding diaryl/α,β-unsaturated/α-hetero) is 1. The number of ether oxygens (including phenoxy) is 1. The molecule has 13 heavy (non-hydrogen) atoms. The second-order valence-electron chi connectivity index (χ2n) is 3.64. The van der Waals surface area contributed by atoms with E-state index in [1.165, 1.54) is 11.8 Å². The summed E-state index contributed by atoms with van der Waals surface area (Å²) in [5.41, 5.74) is -0.283. The molecule has 0 fully saturated rings. The molecule has 2 nitrogen and oxygen atoms in total. The van der Waals surface area contributed by atoms with Crippen LogP contribution >= 0.6 is 24.0 Å². The Hall–Kier alpha value is -0.0900. The Morgan fingerprint density at radius 2 is 2.00 bits per heavy atom. The van der Waals surface area contributed by atoms with E-state index in [0.717, 1.165) is 0 Å². The van der Waals surface area contributed by atoms with E-state index in [1.54, 1.807) is 0 Å². The number of hydrogen-bond acceptors (Lipinski definition) is 4. The van der Waals surface area contributed by atoms with Crippen molar-refractivity contribution in [1.29, 1.82) is 0 Å². The lowest BCUT2D eigenvalue weighted by atomic mass is 9.92. The molecule has 0 heterocycles.